The Morgan fingerprint density at radius 1 is 0.788 bits per heavy atom. The Kier molecular flexibility index (Phi) is 6.29. The molecule has 5 nitrogen and oxygen atoms in total. The van der Waals surface area contributed by atoms with Crippen LogP contribution in [0.4, 0.5) is 0 Å². The molecule has 0 spiro atoms. The third-order valence-corrected chi connectivity index (χ3v) is 5.78. The molecule has 0 aromatic heterocycles. The van der Waals surface area contributed by atoms with Crippen LogP contribution in [0.15, 0.2) is 89.4 Å². The van der Waals surface area contributed by atoms with E-state index in [0.717, 1.165) is 0 Å². The van der Waals surface area contributed by atoms with E-state index in [2.05, 4.69) is 15.9 Å². The number of esters is 1. The molecule has 0 unspecified atom stereocenters. The maximum absolute atomic E-state index is 13.7. The minimum atomic E-state index is -0.776. The van der Waals surface area contributed by atoms with E-state index in [-0.39, 0.29) is 33.8 Å². The van der Waals surface area contributed by atoms with E-state index < -0.39 is 11.8 Å². The van der Waals surface area contributed by atoms with E-state index in [9.17, 15) is 19.8 Å². The molecule has 4 aromatic rings. The van der Waals surface area contributed by atoms with Crippen molar-refractivity contribution in [2.45, 2.75) is 0 Å². The molecule has 0 fully saturated rings. The van der Waals surface area contributed by atoms with Gasteiger partial charge < -0.3 is 14.9 Å². The fourth-order valence-electron chi connectivity index (χ4n) is 3.72. The standard InChI is InChI=1S/C27H19BrO5/c1-33-27(32)24-21(25(30)20-14-18(28)12-13-22(20)29)15-19(16-8-4-2-5-9-16)26(31)23(24)17-10-6-3-7-11-17/h2-15,29,31H,1H3. The zero-order valence-electron chi connectivity index (χ0n) is 17.6. The van der Waals surface area contributed by atoms with E-state index >= 15 is 0 Å². The normalized spacial score (nSPS) is 10.6. The Hall–Kier alpha value is -3.90. The van der Waals surface area contributed by atoms with E-state index in [1.807, 2.05) is 24.3 Å². The van der Waals surface area contributed by atoms with Gasteiger partial charge in [-0.2, -0.15) is 0 Å². The Morgan fingerprint density at radius 3 is 2.00 bits per heavy atom. The molecule has 2 N–H and O–H groups in total. The summed E-state index contributed by atoms with van der Waals surface area (Å²) >= 11 is 3.32. The molecular formula is C27H19BrO5. The van der Waals surface area contributed by atoms with Crippen LogP contribution >= 0.6 is 15.9 Å². The first-order valence-corrected chi connectivity index (χ1v) is 10.8. The lowest BCUT2D eigenvalue weighted by atomic mass is 9.86. The van der Waals surface area contributed by atoms with Crippen LogP contribution in [0.25, 0.3) is 22.3 Å². The molecule has 0 saturated carbocycles. The second-order valence-electron chi connectivity index (χ2n) is 7.28. The number of phenols is 2. The van der Waals surface area contributed by atoms with E-state index in [1.165, 1.54) is 25.3 Å². The van der Waals surface area contributed by atoms with Crippen LogP contribution in [0.3, 0.4) is 0 Å². The van der Waals surface area contributed by atoms with Crippen molar-refractivity contribution < 1.29 is 24.5 Å². The fraction of sp³-hybridized carbons (Fsp3) is 0.0370. The molecule has 4 rings (SSSR count). The smallest absolute Gasteiger partial charge is 0.339 e. The number of aromatic hydroxyl groups is 2. The molecule has 0 atom stereocenters. The molecule has 0 aliphatic carbocycles. The lowest BCUT2D eigenvalue weighted by Gasteiger charge is -2.19. The zero-order valence-corrected chi connectivity index (χ0v) is 19.2. The summed E-state index contributed by atoms with van der Waals surface area (Å²) in [6, 6.07) is 23.8. The summed E-state index contributed by atoms with van der Waals surface area (Å²) < 4.78 is 5.60. The minimum absolute atomic E-state index is 0.00533. The molecule has 0 heterocycles. The topological polar surface area (TPSA) is 83.8 Å². The van der Waals surface area contributed by atoms with Crippen molar-refractivity contribution in [1.29, 1.82) is 0 Å². The summed E-state index contributed by atoms with van der Waals surface area (Å²) in [7, 11) is 1.21. The fourth-order valence-corrected chi connectivity index (χ4v) is 4.09. The largest absolute Gasteiger partial charge is 0.507 e. The summed E-state index contributed by atoms with van der Waals surface area (Å²) in [4.78, 5) is 26.6. The number of carbonyl (C=O) groups is 2. The number of hydrogen-bond acceptors (Lipinski definition) is 5. The van der Waals surface area contributed by atoms with Gasteiger partial charge in [-0.25, -0.2) is 4.79 Å². The molecule has 33 heavy (non-hydrogen) atoms. The van der Waals surface area contributed by atoms with Crippen molar-refractivity contribution in [2.75, 3.05) is 7.11 Å². The van der Waals surface area contributed by atoms with Crippen LogP contribution in [-0.2, 0) is 4.74 Å². The van der Waals surface area contributed by atoms with Crippen LogP contribution < -0.4 is 0 Å². The van der Waals surface area contributed by atoms with E-state index in [0.29, 0.717) is 21.2 Å². The number of methoxy groups -OCH3 is 1. The maximum Gasteiger partial charge on any atom is 0.339 e. The highest BCUT2D eigenvalue weighted by Crippen LogP contribution is 2.43. The molecule has 0 bridgehead atoms. The number of halogens is 1. The number of benzene rings is 4. The summed E-state index contributed by atoms with van der Waals surface area (Å²) in [6.45, 7) is 0. The van der Waals surface area contributed by atoms with Gasteiger partial charge in [0.25, 0.3) is 0 Å². The number of ether oxygens (including phenoxy) is 1. The van der Waals surface area contributed by atoms with Gasteiger partial charge in [0.1, 0.15) is 11.5 Å². The van der Waals surface area contributed by atoms with Gasteiger partial charge in [-0.15, -0.1) is 0 Å². The van der Waals surface area contributed by atoms with Crippen molar-refractivity contribution in [2.24, 2.45) is 0 Å². The van der Waals surface area contributed by atoms with Crippen LogP contribution in [0, 0.1) is 0 Å². The second-order valence-corrected chi connectivity index (χ2v) is 8.20. The van der Waals surface area contributed by atoms with Gasteiger partial charge in [0.2, 0.25) is 0 Å². The van der Waals surface area contributed by atoms with Crippen molar-refractivity contribution in [1.82, 2.24) is 0 Å². The predicted octanol–water partition coefficient (Wildman–Crippen LogP) is 6.21. The van der Waals surface area contributed by atoms with Gasteiger partial charge in [-0.1, -0.05) is 76.6 Å². The average Bonchev–Trinajstić information content (AvgIpc) is 2.85. The van der Waals surface area contributed by atoms with E-state index in [1.54, 1.807) is 42.5 Å². The summed E-state index contributed by atoms with van der Waals surface area (Å²) in [6.07, 6.45) is 0. The number of hydrogen-bond donors (Lipinski definition) is 2. The second kappa shape index (κ2) is 9.30. The molecule has 0 amide bonds. The summed E-state index contributed by atoms with van der Waals surface area (Å²) in [5, 5.41) is 21.7. The highest BCUT2D eigenvalue weighted by molar-refractivity contribution is 9.10. The SMILES string of the molecule is COC(=O)c1c(C(=O)c2cc(Br)ccc2O)cc(-c2ccccc2)c(O)c1-c1ccccc1. The van der Waals surface area contributed by atoms with Crippen molar-refractivity contribution >= 4 is 27.7 Å². The van der Waals surface area contributed by atoms with Gasteiger partial charge in [0, 0.05) is 21.2 Å². The Labute approximate surface area is 199 Å². The number of carbonyl (C=O) groups excluding carboxylic acids is 2. The van der Waals surface area contributed by atoms with Gasteiger partial charge in [-0.05, 0) is 35.4 Å². The molecule has 0 aliphatic heterocycles. The summed E-state index contributed by atoms with van der Waals surface area (Å²) in [5.41, 5.74) is 1.70. The monoisotopic (exact) mass is 502 g/mol. The Morgan fingerprint density at radius 2 is 1.39 bits per heavy atom. The highest BCUT2D eigenvalue weighted by atomic mass is 79.9. The van der Waals surface area contributed by atoms with Crippen LogP contribution in [0.2, 0.25) is 0 Å². The molecule has 0 radical (unpaired) electrons. The third-order valence-electron chi connectivity index (χ3n) is 5.28. The molecular weight excluding hydrogens is 484 g/mol. The first-order chi connectivity index (χ1) is 15.9. The van der Waals surface area contributed by atoms with Crippen molar-refractivity contribution in [3.63, 3.8) is 0 Å². The van der Waals surface area contributed by atoms with Crippen LogP contribution in [0.5, 0.6) is 11.5 Å². The number of phenolic OH excluding ortho intramolecular Hbond substituents is 2. The van der Waals surface area contributed by atoms with Crippen LogP contribution in [0.1, 0.15) is 26.3 Å². The molecule has 0 saturated heterocycles. The van der Waals surface area contributed by atoms with Crippen molar-refractivity contribution in [3.8, 4) is 33.8 Å². The van der Waals surface area contributed by atoms with Gasteiger partial charge in [0.15, 0.2) is 5.78 Å². The minimum Gasteiger partial charge on any atom is -0.507 e. The first-order valence-electron chi connectivity index (χ1n) is 10.0. The lowest BCUT2D eigenvalue weighted by molar-refractivity contribution is 0.0598. The van der Waals surface area contributed by atoms with Gasteiger partial charge >= 0.3 is 5.97 Å². The molecule has 6 heteroatoms. The van der Waals surface area contributed by atoms with Crippen molar-refractivity contribution in [3.05, 3.63) is 106 Å². The maximum atomic E-state index is 13.7. The number of rotatable bonds is 5. The van der Waals surface area contributed by atoms with E-state index in [4.69, 9.17) is 4.74 Å². The summed E-state index contributed by atoms with van der Waals surface area (Å²) in [5.74, 6) is -1.73. The predicted molar refractivity (Wildman–Crippen MR) is 130 cm³/mol. The Balaban J connectivity index is 2.11. The highest BCUT2D eigenvalue weighted by Gasteiger charge is 2.29. The van der Waals surface area contributed by atoms with Gasteiger partial charge in [0.05, 0.1) is 18.2 Å². The first kappa shape index (κ1) is 22.3. The average molecular weight is 503 g/mol. The third kappa shape index (κ3) is 4.25. The molecule has 0 aliphatic rings. The Bertz CT molecular complexity index is 1350. The van der Waals surface area contributed by atoms with Crippen LogP contribution in [-0.4, -0.2) is 29.1 Å². The molecule has 164 valence electrons. The lowest BCUT2D eigenvalue weighted by Crippen LogP contribution is -2.14. The molecule has 4 aromatic carbocycles. The zero-order chi connectivity index (χ0) is 23.5. The number of ketones is 1. The quantitative estimate of drug-likeness (QED) is 0.250. The van der Waals surface area contributed by atoms with Gasteiger partial charge in [-0.3, -0.25) is 4.79 Å².